The van der Waals surface area contributed by atoms with Crippen molar-refractivity contribution in [3.05, 3.63) is 48.0 Å². The number of carbonyl (C=O) groups is 1. The molecule has 8 nitrogen and oxygen atoms in total. The molecule has 3 rings (SSSR count). The molecule has 0 spiro atoms. The molecule has 0 bridgehead atoms. The predicted octanol–water partition coefficient (Wildman–Crippen LogP) is 5.92. The van der Waals surface area contributed by atoms with E-state index >= 15 is 0 Å². The fourth-order valence-corrected chi connectivity index (χ4v) is 6.92. The SMILES string of the molecule is CCCN(CCC)S(=O)(=O)c1ccc(C(=O)N(CCN(CC)CC)c2nc3c(OCC)cccc3s2)cc1.Cl. The summed E-state index contributed by atoms with van der Waals surface area (Å²) in [6.07, 6.45) is 1.48. The van der Waals surface area contributed by atoms with Crippen molar-refractivity contribution in [2.24, 2.45) is 0 Å². The van der Waals surface area contributed by atoms with Crippen molar-refractivity contribution in [3.8, 4) is 5.75 Å². The Balaban J connectivity index is 0.00000533. The van der Waals surface area contributed by atoms with Gasteiger partial charge in [-0.1, -0.05) is 45.1 Å². The first-order valence-electron chi connectivity index (χ1n) is 13.5. The molecule has 0 N–H and O–H groups in total. The number of anilines is 1. The Labute approximate surface area is 243 Å². The number of likely N-dealkylation sites (N-methyl/N-ethyl adjacent to an activating group) is 1. The molecule has 1 heterocycles. The van der Waals surface area contributed by atoms with Gasteiger partial charge in [-0.25, -0.2) is 13.4 Å². The topological polar surface area (TPSA) is 83.1 Å². The fourth-order valence-electron chi connectivity index (χ4n) is 4.29. The molecule has 3 aromatic rings. The number of ether oxygens (including phenoxy) is 1. The molecule has 0 radical (unpaired) electrons. The highest BCUT2D eigenvalue weighted by Crippen LogP contribution is 2.35. The zero-order valence-corrected chi connectivity index (χ0v) is 26.0. The summed E-state index contributed by atoms with van der Waals surface area (Å²) in [5.41, 5.74) is 1.16. The Bertz CT molecular complexity index is 1290. The monoisotopic (exact) mass is 596 g/mol. The van der Waals surface area contributed by atoms with Gasteiger partial charge in [-0.15, -0.1) is 12.4 Å². The van der Waals surface area contributed by atoms with Gasteiger partial charge in [-0.3, -0.25) is 9.69 Å². The van der Waals surface area contributed by atoms with E-state index in [-0.39, 0.29) is 23.2 Å². The first kappa shape index (κ1) is 33.0. The quantitative estimate of drug-likeness (QED) is 0.217. The molecule has 1 amide bonds. The number of halogens is 1. The van der Waals surface area contributed by atoms with Gasteiger partial charge in [0.1, 0.15) is 11.3 Å². The number of carbonyl (C=O) groups excluding carboxylic acids is 1. The maximum absolute atomic E-state index is 13.8. The van der Waals surface area contributed by atoms with Gasteiger partial charge in [-0.05, 0) is 69.3 Å². The fraction of sp³-hybridized carbons (Fsp3) is 0.500. The normalized spacial score (nSPS) is 11.7. The minimum atomic E-state index is -3.62. The molecule has 0 atom stereocenters. The van der Waals surface area contributed by atoms with Gasteiger partial charge in [0, 0.05) is 31.7 Å². The van der Waals surface area contributed by atoms with Crippen molar-refractivity contribution in [3.63, 3.8) is 0 Å². The Morgan fingerprint density at radius 1 is 0.897 bits per heavy atom. The number of thiazole rings is 1. The lowest BCUT2D eigenvalue weighted by atomic mass is 10.2. The number of nitrogens with zero attached hydrogens (tertiary/aromatic N) is 4. The van der Waals surface area contributed by atoms with Crippen LogP contribution in [0.2, 0.25) is 0 Å². The summed E-state index contributed by atoms with van der Waals surface area (Å²) in [6.45, 7) is 14.4. The molecule has 0 fully saturated rings. The molecule has 39 heavy (non-hydrogen) atoms. The molecule has 0 saturated heterocycles. The number of para-hydroxylation sites is 1. The van der Waals surface area contributed by atoms with E-state index < -0.39 is 10.0 Å². The van der Waals surface area contributed by atoms with Gasteiger partial charge < -0.3 is 9.64 Å². The van der Waals surface area contributed by atoms with Crippen LogP contribution in [0.3, 0.4) is 0 Å². The molecular formula is C28H41ClN4O4S2. The van der Waals surface area contributed by atoms with Crippen molar-refractivity contribution < 1.29 is 17.9 Å². The summed E-state index contributed by atoms with van der Waals surface area (Å²) in [5, 5.41) is 0.595. The van der Waals surface area contributed by atoms with E-state index in [2.05, 4.69) is 18.7 Å². The maximum Gasteiger partial charge on any atom is 0.260 e. The number of benzene rings is 2. The summed E-state index contributed by atoms with van der Waals surface area (Å²) in [4.78, 5) is 22.8. The van der Waals surface area contributed by atoms with Crippen molar-refractivity contribution >= 4 is 55.0 Å². The van der Waals surface area contributed by atoms with Gasteiger partial charge in [0.15, 0.2) is 5.13 Å². The summed E-state index contributed by atoms with van der Waals surface area (Å²) in [7, 11) is -3.62. The van der Waals surface area contributed by atoms with E-state index in [9.17, 15) is 13.2 Å². The Morgan fingerprint density at radius 3 is 2.10 bits per heavy atom. The summed E-state index contributed by atoms with van der Waals surface area (Å²) >= 11 is 1.45. The lowest BCUT2D eigenvalue weighted by Crippen LogP contribution is -2.39. The molecule has 216 valence electrons. The number of hydrogen-bond acceptors (Lipinski definition) is 7. The number of amides is 1. The number of sulfonamides is 1. The zero-order chi connectivity index (χ0) is 27.7. The Kier molecular flexibility index (Phi) is 13.1. The predicted molar refractivity (Wildman–Crippen MR) is 163 cm³/mol. The highest BCUT2D eigenvalue weighted by molar-refractivity contribution is 7.89. The third kappa shape index (κ3) is 7.91. The van der Waals surface area contributed by atoms with Crippen LogP contribution in [0.15, 0.2) is 47.4 Å². The van der Waals surface area contributed by atoms with Crippen LogP contribution in [-0.4, -0.2) is 74.4 Å². The second-order valence-corrected chi connectivity index (χ2v) is 11.9. The lowest BCUT2D eigenvalue weighted by Gasteiger charge is -2.25. The summed E-state index contributed by atoms with van der Waals surface area (Å²) < 4.78 is 34.6. The average Bonchev–Trinajstić information content (AvgIpc) is 3.36. The first-order chi connectivity index (χ1) is 18.3. The molecular weight excluding hydrogens is 556 g/mol. The minimum absolute atomic E-state index is 0. The van der Waals surface area contributed by atoms with Crippen molar-refractivity contribution in [1.29, 1.82) is 0 Å². The Morgan fingerprint density at radius 2 is 1.54 bits per heavy atom. The lowest BCUT2D eigenvalue weighted by molar-refractivity contribution is 0.0983. The molecule has 11 heteroatoms. The largest absolute Gasteiger partial charge is 0.492 e. The van der Waals surface area contributed by atoms with Crippen LogP contribution in [0.1, 0.15) is 57.8 Å². The molecule has 0 aliphatic carbocycles. The summed E-state index contributed by atoms with van der Waals surface area (Å²) in [5.74, 6) is 0.485. The van der Waals surface area contributed by atoms with E-state index in [1.54, 1.807) is 17.0 Å². The van der Waals surface area contributed by atoms with Gasteiger partial charge in [0.05, 0.1) is 16.2 Å². The van der Waals surface area contributed by atoms with Gasteiger partial charge in [0.25, 0.3) is 5.91 Å². The minimum Gasteiger partial charge on any atom is -0.492 e. The van der Waals surface area contributed by atoms with Crippen LogP contribution >= 0.6 is 23.7 Å². The third-order valence-electron chi connectivity index (χ3n) is 6.37. The van der Waals surface area contributed by atoms with Gasteiger partial charge in [0.2, 0.25) is 10.0 Å². The zero-order valence-electron chi connectivity index (χ0n) is 23.6. The highest BCUT2D eigenvalue weighted by atomic mass is 35.5. The van der Waals surface area contributed by atoms with Crippen molar-refractivity contribution in [2.75, 3.05) is 50.8 Å². The molecule has 2 aromatic carbocycles. The van der Waals surface area contributed by atoms with E-state index in [4.69, 9.17) is 9.72 Å². The van der Waals surface area contributed by atoms with Gasteiger partial charge in [-0.2, -0.15) is 4.31 Å². The molecule has 0 saturated carbocycles. The van der Waals surface area contributed by atoms with Crippen LogP contribution < -0.4 is 9.64 Å². The average molecular weight is 597 g/mol. The number of aromatic nitrogens is 1. The summed E-state index contributed by atoms with van der Waals surface area (Å²) in [6, 6.07) is 12.1. The molecule has 1 aromatic heterocycles. The van der Waals surface area contributed by atoms with E-state index in [0.717, 1.165) is 36.1 Å². The molecule has 0 aliphatic rings. The second-order valence-electron chi connectivity index (χ2n) is 8.94. The van der Waals surface area contributed by atoms with Crippen molar-refractivity contribution in [2.45, 2.75) is 52.4 Å². The van der Waals surface area contributed by atoms with E-state index in [0.29, 0.717) is 49.2 Å². The van der Waals surface area contributed by atoms with E-state index in [1.807, 2.05) is 39.0 Å². The smallest absolute Gasteiger partial charge is 0.260 e. The number of hydrogen-bond donors (Lipinski definition) is 0. The standard InChI is InChI=1S/C28H40N4O4S2.ClH/c1-6-18-31(19-7-2)38(34,35)23-16-14-22(15-17-23)27(33)32(21-20-30(8-3)9-4)28-29-26-24(36-10-5)12-11-13-25(26)37-28;/h11-17H,6-10,18-21H2,1-5H3;1H. The van der Waals surface area contributed by atoms with Crippen LogP contribution in [0.25, 0.3) is 10.2 Å². The van der Waals surface area contributed by atoms with Crippen LogP contribution in [0, 0.1) is 0 Å². The van der Waals surface area contributed by atoms with Crippen LogP contribution in [-0.2, 0) is 10.0 Å². The Hall–Kier alpha value is -2.24. The first-order valence-corrected chi connectivity index (χ1v) is 15.7. The number of rotatable bonds is 15. The molecule has 0 aliphatic heterocycles. The maximum atomic E-state index is 13.8. The van der Waals surface area contributed by atoms with Gasteiger partial charge >= 0.3 is 0 Å². The number of fused-ring (bicyclic) bond motifs is 1. The molecule has 0 unspecified atom stereocenters. The van der Waals surface area contributed by atoms with E-state index in [1.165, 1.54) is 27.8 Å². The van der Waals surface area contributed by atoms with Crippen LogP contribution in [0.5, 0.6) is 5.75 Å². The third-order valence-corrected chi connectivity index (χ3v) is 9.32. The van der Waals surface area contributed by atoms with Crippen molar-refractivity contribution in [1.82, 2.24) is 14.2 Å². The second kappa shape index (κ2) is 15.5. The highest BCUT2D eigenvalue weighted by Gasteiger charge is 2.26. The van der Waals surface area contributed by atoms with Crippen LogP contribution in [0.4, 0.5) is 5.13 Å².